The van der Waals surface area contributed by atoms with Crippen molar-refractivity contribution in [1.29, 1.82) is 0 Å². The molecule has 18 heavy (non-hydrogen) atoms. The molecule has 3 rings (SSSR count). The van der Waals surface area contributed by atoms with Gasteiger partial charge in [0.1, 0.15) is 0 Å². The Hall–Kier alpha value is -0.910. The molecular weight excluding hydrogens is 272 g/mol. The molecule has 1 aromatic heterocycles. The Morgan fingerprint density at radius 1 is 1.28 bits per heavy atom. The summed E-state index contributed by atoms with van der Waals surface area (Å²) in [7, 11) is 0. The molecule has 0 radical (unpaired) electrons. The third kappa shape index (κ3) is 2.18. The average molecular weight is 285 g/mol. The summed E-state index contributed by atoms with van der Waals surface area (Å²) in [6, 6.07) is 1.91. The van der Waals surface area contributed by atoms with E-state index in [2.05, 4.69) is 10.6 Å². The van der Waals surface area contributed by atoms with Crippen molar-refractivity contribution >= 4 is 34.8 Å². The van der Waals surface area contributed by atoms with Gasteiger partial charge in [-0.15, -0.1) is 11.3 Å². The number of fused-ring (bicyclic) bond motifs is 1. The fourth-order valence-corrected chi connectivity index (χ4v) is 3.96. The Morgan fingerprint density at radius 3 is 2.83 bits per heavy atom. The highest BCUT2D eigenvalue weighted by molar-refractivity contribution is 7.16. The van der Waals surface area contributed by atoms with Crippen LogP contribution in [-0.4, -0.2) is 17.9 Å². The Kier molecular flexibility index (Phi) is 3.13. The summed E-state index contributed by atoms with van der Waals surface area (Å²) in [5.41, 5.74) is 1.22. The third-order valence-corrected chi connectivity index (χ3v) is 4.83. The molecule has 1 aliphatic carbocycles. The lowest BCUT2D eigenvalue weighted by Crippen LogP contribution is -2.51. The predicted molar refractivity (Wildman–Crippen MR) is 69.7 cm³/mol. The summed E-state index contributed by atoms with van der Waals surface area (Å²) in [5, 5.41) is 5.71. The SMILES string of the molecule is O=C1CCC(NC2CCc3sc(Cl)cc32)C(=O)N1. The van der Waals surface area contributed by atoms with Gasteiger partial charge in [-0.1, -0.05) is 11.6 Å². The van der Waals surface area contributed by atoms with Crippen LogP contribution in [0.5, 0.6) is 0 Å². The van der Waals surface area contributed by atoms with Gasteiger partial charge in [0.25, 0.3) is 0 Å². The van der Waals surface area contributed by atoms with E-state index in [1.54, 1.807) is 11.3 Å². The monoisotopic (exact) mass is 284 g/mol. The topological polar surface area (TPSA) is 58.2 Å². The van der Waals surface area contributed by atoms with Crippen molar-refractivity contribution in [2.24, 2.45) is 0 Å². The normalized spacial score (nSPS) is 27.2. The van der Waals surface area contributed by atoms with Crippen molar-refractivity contribution in [3.05, 3.63) is 20.8 Å². The first-order valence-corrected chi connectivity index (χ1v) is 7.21. The molecule has 2 aliphatic rings. The van der Waals surface area contributed by atoms with Crippen LogP contribution in [0.25, 0.3) is 0 Å². The minimum absolute atomic E-state index is 0.177. The zero-order valence-electron chi connectivity index (χ0n) is 9.66. The van der Waals surface area contributed by atoms with Crippen molar-refractivity contribution in [3.8, 4) is 0 Å². The molecule has 1 fully saturated rings. The van der Waals surface area contributed by atoms with E-state index in [4.69, 9.17) is 11.6 Å². The van der Waals surface area contributed by atoms with Gasteiger partial charge < -0.3 is 0 Å². The Labute approximate surface area is 114 Å². The molecule has 2 amide bonds. The maximum absolute atomic E-state index is 11.7. The molecule has 0 bridgehead atoms. The number of piperidine rings is 1. The van der Waals surface area contributed by atoms with Gasteiger partial charge in [-0.3, -0.25) is 20.2 Å². The average Bonchev–Trinajstić information content (AvgIpc) is 2.83. The van der Waals surface area contributed by atoms with Crippen LogP contribution in [0.1, 0.15) is 35.7 Å². The van der Waals surface area contributed by atoms with Crippen molar-refractivity contribution in [3.63, 3.8) is 0 Å². The largest absolute Gasteiger partial charge is 0.299 e. The zero-order chi connectivity index (χ0) is 12.7. The van der Waals surface area contributed by atoms with Crippen molar-refractivity contribution in [2.75, 3.05) is 0 Å². The summed E-state index contributed by atoms with van der Waals surface area (Å²) in [4.78, 5) is 24.1. The van der Waals surface area contributed by atoms with Gasteiger partial charge in [-0.05, 0) is 30.9 Å². The maximum atomic E-state index is 11.7. The lowest BCUT2D eigenvalue weighted by molar-refractivity contribution is -0.134. The van der Waals surface area contributed by atoms with Crippen molar-refractivity contribution < 1.29 is 9.59 Å². The second kappa shape index (κ2) is 4.64. The molecule has 0 saturated carbocycles. The minimum Gasteiger partial charge on any atom is -0.299 e. The summed E-state index contributed by atoms with van der Waals surface area (Å²) in [6.45, 7) is 0. The van der Waals surface area contributed by atoms with Crippen LogP contribution in [0, 0.1) is 0 Å². The highest BCUT2D eigenvalue weighted by Crippen LogP contribution is 2.39. The zero-order valence-corrected chi connectivity index (χ0v) is 11.2. The first-order chi connectivity index (χ1) is 8.63. The van der Waals surface area contributed by atoms with Crippen LogP contribution < -0.4 is 10.6 Å². The van der Waals surface area contributed by atoms with E-state index in [0.29, 0.717) is 12.8 Å². The van der Waals surface area contributed by atoms with Crippen LogP contribution in [0.3, 0.4) is 0 Å². The van der Waals surface area contributed by atoms with E-state index in [0.717, 1.165) is 17.2 Å². The molecule has 2 heterocycles. The number of aryl methyl sites for hydroxylation is 1. The fraction of sp³-hybridized carbons (Fsp3) is 0.500. The quantitative estimate of drug-likeness (QED) is 0.814. The van der Waals surface area contributed by atoms with E-state index in [1.807, 2.05) is 6.07 Å². The highest BCUT2D eigenvalue weighted by Gasteiger charge is 2.32. The number of imide groups is 1. The number of thiophene rings is 1. The number of carbonyl (C=O) groups is 2. The number of halogens is 1. The van der Waals surface area contributed by atoms with Gasteiger partial charge in [0.2, 0.25) is 11.8 Å². The number of amides is 2. The molecule has 0 aromatic carbocycles. The lowest BCUT2D eigenvalue weighted by Gasteiger charge is -2.25. The molecule has 1 aromatic rings. The van der Waals surface area contributed by atoms with Crippen LogP contribution in [0.15, 0.2) is 6.07 Å². The second-order valence-corrected chi connectivity index (χ2v) is 6.46. The van der Waals surface area contributed by atoms with Gasteiger partial charge in [0.15, 0.2) is 0 Å². The molecule has 4 nitrogen and oxygen atoms in total. The van der Waals surface area contributed by atoms with Gasteiger partial charge in [0, 0.05) is 17.3 Å². The number of hydrogen-bond acceptors (Lipinski definition) is 4. The number of nitrogens with one attached hydrogen (secondary N) is 2. The van der Waals surface area contributed by atoms with Crippen molar-refractivity contribution in [2.45, 2.75) is 37.8 Å². The molecule has 2 N–H and O–H groups in total. The first-order valence-electron chi connectivity index (χ1n) is 6.01. The molecule has 1 saturated heterocycles. The van der Waals surface area contributed by atoms with Crippen LogP contribution >= 0.6 is 22.9 Å². The van der Waals surface area contributed by atoms with E-state index >= 15 is 0 Å². The summed E-state index contributed by atoms with van der Waals surface area (Å²) < 4.78 is 0.801. The van der Waals surface area contributed by atoms with Gasteiger partial charge in [0.05, 0.1) is 10.4 Å². The van der Waals surface area contributed by atoms with E-state index in [-0.39, 0.29) is 23.9 Å². The second-order valence-electron chi connectivity index (χ2n) is 4.69. The van der Waals surface area contributed by atoms with Gasteiger partial charge in [-0.2, -0.15) is 0 Å². The molecule has 2 atom stereocenters. The van der Waals surface area contributed by atoms with Gasteiger partial charge in [-0.25, -0.2) is 0 Å². The lowest BCUT2D eigenvalue weighted by atomic mass is 10.0. The van der Waals surface area contributed by atoms with Crippen molar-refractivity contribution in [1.82, 2.24) is 10.6 Å². The Bertz CT molecular complexity index is 514. The van der Waals surface area contributed by atoms with E-state index in [1.165, 1.54) is 10.4 Å². The van der Waals surface area contributed by atoms with Crippen LogP contribution in [-0.2, 0) is 16.0 Å². The number of rotatable bonds is 2. The molecular formula is C12H13ClN2O2S. The molecule has 0 spiro atoms. The predicted octanol–water partition coefficient (Wildman–Crippen LogP) is 1.78. The summed E-state index contributed by atoms with van der Waals surface area (Å²) in [6.07, 6.45) is 3.00. The smallest absolute Gasteiger partial charge is 0.243 e. The van der Waals surface area contributed by atoms with Crippen LogP contribution in [0.2, 0.25) is 4.34 Å². The highest BCUT2D eigenvalue weighted by atomic mass is 35.5. The number of hydrogen-bond donors (Lipinski definition) is 2. The van der Waals surface area contributed by atoms with Gasteiger partial charge >= 0.3 is 0 Å². The number of carbonyl (C=O) groups excluding carboxylic acids is 2. The minimum atomic E-state index is -0.266. The fourth-order valence-electron chi connectivity index (χ4n) is 2.60. The summed E-state index contributed by atoms with van der Waals surface area (Å²) >= 11 is 7.62. The molecule has 2 unspecified atom stereocenters. The first kappa shape index (κ1) is 12.1. The molecule has 1 aliphatic heterocycles. The maximum Gasteiger partial charge on any atom is 0.243 e. The molecule has 6 heteroatoms. The van der Waals surface area contributed by atoms with Crippen LogP contribution in [0.4, 0.5) is 0 Å². The third-order valence-electron chi connectivity index (χ3n) is 3.49. The Balaban J connectivity index is 1.71. The van der Waals surface area contributed by atoms with E-state index < -0.39 is 0 Å². The summed E-state index contributed by atoms with van der Waals surface area (Å²) in [5.74, 6) is -0.384. The molecule has 96 valence electrons. The van der Waals surface area contributed by atoms with E-state index in [9.17, 15) is 9.59 Å². The standard InChI is InChI=1S/C12H13ClN2O2S/c13-10-5-6-7(1-3-9(6)18-10)14-8-2-4-11(16)15-12(8)17/h5,7-8,14H,1-4H2,(H,15,16,17). The Morgan fingerprint density at radius 2 is 2.06 bits per heavy atom.